The Morgan fingerprint density at radius 3 is 2.41 bits per heavy atom. The summed E-state index contributed by atoms with van der Waals surface area (Å²) < 4.78 is 12.1. The topological polar surface area (TPSA) is 45.5 Å². The molecule has 4 nitrogen and oxygen atoms in total. The van der Waals surface area contributed by atoms with Gasteiger partial charge in [0.25, 0.3) is 0 Å². The van der Waals surface area contributed by atoms with Gasteiger partial charge in [-0.3, -0.25) is 0 Å². The van der Waals surface area contributed by atoms with Crippen LogP contribution in [0.5, 0.6) is 0 Å². The first-order chi connectivity index (χ1) is 14.2. The fourth-order valence-corrected chi connectivity index (χ4v) is 5.49. The van der Waals surface area contributed by atoms with Crippen molar-refractivity contribution in [3.63, 3.8) is 0 Å². The molecule has 0 unspecified atom stereocenters. The lowest BCUT2D eigenvalue weighted by atomic mass is 9.77. The number of hydrogen-bond donors (Lipinski definition) is 0. The van der Waals surface area contributed by atoms with E-state index in [4.69, 9.17) is 9.47 Å². The Bertz CT molecular complexity index is 949. The zero-order chi connectivity index (χ0) is 19.8. The van der Waals surface area contributed by atoms with Gasteiger partial charge in [-0.15, -0.1) is 0 Å². The van der Waals surface area contributed by atoms with E-state index in [0.717, 1.165) is 43.6 Å². The Balaban J connectivity index is 1.74. The zero-order valence-corrected chi connectivity index (χ0v) is 17.2. The molecule has 2 aromatic rings. The van der Waals surface area contributed by atoms with Gasteiger partial charge in [-0.25, -0.2) is 0 Å². The summed E-state index contributed by atoms with van der Waals surface area (Å²) in [6.45, 7) is 5.60. The molecular weight excluding hydrogens is 360 g/mol. The van der Waals surface area contributed by atoms with Crippen LogP contribution in [0, 0.1) is 18.3 Å². The third kappa shape index (κ3) is 3.13. The molecule has 4 heteroatoms. The Labute approximate surface area is 173 Å². The van der Waals surface area contributed by atoms with E-state index in [-0.39, 0.29) is 0 Å². The predicted octanol–water partition coefficient (Wildman–Crippen LogP) is 4.76. The van der Waals surface area contributed by atoms with Crippen molar-refractivity contribution in [1.29, 1.82) is 5.26 Å². The van der Waals surface area contributed by atoms with E-state index in [1.165, 1.54) is 47.1 Å². The third-order valence-corrected chi connectivity index (χ3v) is 6.80. The van der Waals surface area contributed by atoms with Gasteiger partial charge in [0.1, 0.15) is 6.07 Å². The molecule has 0 atom stereocenters. The Morgan fingerprint density at radius 1 is 1.00 bits per heavy atom. The highest BCUT2D eigenvalue weighted by atomic mass is 16.7. The van der Waals surface area contributed by atoms with Crippen LogP contribution in [-0.4, -0.2) is 32.1 Å². The summed E-state index contributed by atoms with van der Waals surface area (Å²) in [5.74, 6) is -0.512. The normalized spacial score (nSPS) is 20.5. The van der Waals surface area contributed by atoms with Crippen molar-refractivity contribution in [2.45, 2.75) is 51.2 Å². The average molecular weight is 389 g/mol. The van der Waals surface area contributed by atoms with Crippen LogP contribution in [0.2, 0.25) is 0 Å². The van der Waals surface area contributed by atoms with Gasteiger partial charge < -0.3 is 14.4 Å². The van der Waals surface area contributed by atoms with Crippen LogP contribution in [0.1, 0.15) is 47.9 Å². The van der Waals surface area contributed by atoms with Crippen molar-refractivity contribution in [3.05, 3.63) is 52.6 Å². The number of nitrogens with zero attached hydrogens (tertiary/aromatic N) is 2. The third-order valence-electron chi connectivity index (χ3n) is 6.80. The summed E-state index contributed by atoms with van der Waals surface area (Å²) >= 11 is 0. The molecule has 2 saturated heterocycles. The van der Waals surface area contributed by atoms with Crippen molar-refractivity contribution in [3.8, 4) is 17.2 Å². The summed E-state index contributed by atoms with van der Waals surface area (Å²) in [6, 6.07) is 13.2. The van der Waals surface area contributed by atoms with E-state index in [0.29, 0.717) is 13.2 Å². The zero-order valence-electron chi connectivity index (χ0n) is 17.2. The van der Waals surface area contributed by atoms with E-state index >= 15 is 0 Å². The molecule has 2 aliphatic heterocycles. The number of anilines is 1. The van der Waals surface area contributed by atoms with Gasteiger partial charge in [-0.1, -0.05) is 30.3 Å². The molecule has 0 radical (unpaired) electrons. The van der Waals surface area contributed by atoms with E-state index in [1.54, 1.807) is 0 Å². The Morgan fingerprint density at radius 2 is 1.72 bits per heavy atom. The van der Waals surface area contributed by atoms with Crippen LogP contribution in [0.25, 0.3) is 11.1 Å². The molecule has 3 aliphatic rings. The van der Waals surface area contributed by atoms with Crippen LogP contribution >= 0.6 is 0 Å². The summed E-state index contributed by atoms with van der Waals surface area (Å²) in [4.78, 5) is 2.46. The molecule has 0 saturated carbocycles. The maximum absolute atomic E-state index is 10.2. The van der Waals surface area contributed by atoms with Gasteiger partial charge in [0.2, 0.25) is 0 Å². The SMILES string of the molecule is Cc1c(-c2ccccc2)c2c(c(C#N)c1N1CCCCC1)CCC1(C2)OCCO1. The van der Waals surface area contributed by atoms with Gasteiger partial charge in [0.05, 0.1) is 24.5 Å². The van der Waals surface area contributed by atoms with E-state index in [9.17, 15) is 5.26 Å². The van der Waals surface area contributed by atoms with Crippen molar-refractivity contribution >= 4 is 5.69 Å². The number of rotatable bonds is 2. The van der Waals surface area contributed by atoms with Crippen molar-refractivity contribution in [2.75, 3.05) is 31.2 Å². The molecule has 1 aliphatic carbocycles. The van der Waals surface area contributed by atoms with Crippen molar-refractivity contribution < 1.29 is 9.47 Å². The first-order valence-corrected chi connectivity index (χ1v) is 10.9. The highest BCUT2D eigenvalue weighted by Gasteiger charge is 2.42. The van der Waals surface area contributed by atoms with Crippen LogP contribution in [-0.2, 0) is 22.3 Å². The molecule has 0 bridgehead atoms. The minimum absolute atomic E-state index is 0.512. The standard InChI is InChI=1S/C25H28N2O2/c1-18-23(19-8-4-2-5-9-19)21-16-25(28-14-15-29-25)11-10-20(21)22(17-26)24(18)27-12-6-3-7-13-27/h2,4-5,8-9H,3,6-7,10-16H2,1H3. The molecule has 29 heavy (non-hydrogen) atoms. The van der Waals surface area contributed by atoms with Gasteiger partial charge in [-0.2, -0.15) is 5.26 Å². The number of piperidine rings is 1. The molecule has 0 N–H and O–H groups in total. The lowest BCUT2D eigenvalue weighted by Crippen LogP contribution is -2.38. The molecule has 1 spiro atoms. The monoisotopic (exact) mass is 388 g/mol. The number of benzene rings is 2. The smallest absolute Gasteiger partial charge is 0.172 e. The summed E-state index contributed by atoms with van der Waals surface area (Å²) in [5.41, 5.74) is 8.23. The van der Waals surface area contributed by atoms with Crippen LogP contribution < -0.4 is 4.90 Å². The fourth-order valence-electron chi connectivity index (χ4n) is 5.49. The molecule has 0 amide bonds. The van der Waals surface area contributed by atoms with E-state index in [2.05, 4.69) is 48.2 Å². The maximum atomic E-state index is 10.2. The molecule has 5 rings (SSSR count). The van der Waals surface area contributed by atoms with Crippen LogP contribution in [0.15, 0.2) is 30.3 Å². The summed E-state index contributed by atoms with van der Waals surface area (Å²) in [6.07, 6.45) is 6.07. The first-order valence-electron chi connectivity index (χ1n) is 10.9. The lowest BCUT2D eigenvalue weighted by molar-refractivity contribution is -0.163. The van der Waals surface area contributed by atoms with Gasteiger partial charge in [-0.05, 0) is 60.4 Å². The highest BCUT2D eigenvalue weighted by molar-refractivity contribution is 5.83. The van der Waals surface area contributed by atoms with Gasteiger partial charge in [0.15, 0.2) is 5.79 Å². The highest BCUT2D eigenvalue weighted by Crippen LogP contribution is 2.46. The van der Waals surface area contributed by atoms with Gasteiger partial charge in [0, 0.05) is 25.9 Å². The number of fused-ring (bicyclic) bond motifs is 1. The van der Waals surface area contributed by atoms with Crippen LogP contribution in [0.3, 0.4) is 0 Å². The number of ether oxygens (including phenoxy) is 2. The van der Waals surface area contributed by atoms with E-state index < -0.39 is 5.79 Å². The molecular formula is C25H28N2O2. The van der Waals surface area contributed by atoms with E-state index in [1.807, 2.05) is 0 Å². The number of nitriles is 1. The second-order valence-corrected chi connectivity index (χ2v) is 8.49. The second-order valence-electron chi connectivity index (χ2n) is 8.49. The van der Waals surface area contributed by atoms with Crippen LogP contribution in [0.4, 0.5) is 5.69 Å². The Kier molecular flexibility index (Phi) is 4.81. The molecule has 2 fully saturated rings. The fraction of sp³-hybridized carbons (Fsp3) is 0.480. The minimum atomic E-state index is -0.512. The molecule has 150 valence electrons. The lowest BCUT2D eigenvalue weighted by Gasteiger charge is -2.38. The molecule has 2 aromatic carbocycles. The summed E-state index contributed by atoms with van der Waals surface area (Å²) in [7, 11) is 0. The van der Waals surface area contributed by atoms with Crippen molar-refractivity contribution in [2.24, 2.45) is 0 Å². The molecule has 2 heterocycles. The predicted molar refractivity (Wildman–Crippen MR) is 114 cm³/mol. The Hall–Kier alpha value is -2.35. The minimum Gasteiger partial charge on any atom is -0.370 e. The largest absolute Gasteiger partial charge is 0.370 e. The van der Waals surface area contributed by atoms with Gasteiger partial charge >= 0.3 is 0 Å². The molecule has 0 aromatic heterocycles. The first kappa shape index (κ1) is 18.7. The quantitative estimate of drug-likeness (QED) is 0.744. The van der Waals surface area contributed by atoms with Crippen molar-refractivity contribution in [1.82, 2.24) is 0 Å². The average Bonchev–Trinajstić information content (AvgIpc) is 3.21. The summed E-state index contributed by atoms with van der Waals surface area (Å²) in [5, 5.41) is 10.2. The number of hydrogen-bond acceptors (Lipinski definition) is 4. The maximum Gasteiger partial charge on any atom is 0.172 e. The second kappa shape index (κ2) is 7.48.